The van der Waals surface area contributed by atoms with E-state index in [2.05, 4.69) is 4.74 Å². The van der Waals surface area contributed by atoms with Gasteiger partial charge in [-0.05, 0) is 13.0 Å². The molecule has 1 rings (SSSR count). The van der Waals surface area contributed by atoms with Crippen molar-refractivity contribution in [3.05, 3.63) is 35.4 Å². The predicted molar refractivity (Wildman–Crippen MR) is 62.0 cm³/mol. The maximum Gasteiger partial charge on any atom is 0.417 e. The Balaban J connectivity index is 3.17. The molecule has 0 bridgehead atoms. The SMILES string of the molecule is COC(=O)C(=O)C(C)C(=O)c1ccccc1C(F)(F)F. The summed E-state index contributed by atoms with van der Waals surface area (Å²) >= 11 is 0. The van der Waals surface area contributed by atoms with Crippen LogP contribution in [0.4, 0.5) is 13.2 Å². The molecule has 0 aliphatic heterocycles. The molecular formula is C13H11F3O4. The van der Waals surface area contributed by atoms with E-state index in [1.807, 2.05) is 0 Å². The van der Waals surface area contributed by atoms with Gasteiger partial charge in [-0.3, -0.25) is 9.59 Å². The lowest BCUT2D eigenvalue weighted by molar-refractivity contribution is -0.152. The van der Waals surface area contributed by atoms with E-state index in [9.17, 15) is 27.6 Å². The van der Waals surface area contributed by atoms with Gasteiger partial charge in [0.2, 0.25) is 0 Å². The third-order valence-corrected chi connectivity index (χ3v) is 2.67. The molecular weight excluding hydrogens is 277 g/mol. The number of ether oxygens (including phenoxy) is 1. The van der Waals surface area contributed by atoms with E-state index in [1.165, 1.54) is 6.07 Å². The molecule has 1 aromatic rings. The van der Waals surface area contributed by atoms with Crippen molar-refractivity contribution < 1.29 is 32.3 Å². The Labute approximate surface area is 112 Å². The molecule has 7 heteroatoms. The Hall–Kier alpha value is -2.18. The van der Waals surface area contributed by atoms with Gasteiger partial charge in [0, 0.05) is 5.56 Å². The highest BCUT2D eigenvalue weighted by Crippen LogP contribution is 2.32. The lowest BCUT2D eigenvalue weighted by atomic mass is 9.92. The van der Waals surface area contributed by atoms with Gasteiger partial charge in [-0.15, -0.1) is 0 Å². The van der Waals surface area contributed by atoms with E-state index in [4.69, 9.17) is 0 Å². The number of esters is 1. The molecule has 0 fully saturated rings. The molecule has 0 saturated carbocycles. The normalized spacial score (nSPS) is 12.7. The summed E-state index contributed by atoms with van der Waals surface area (Å²) in [4.78, 5) is 34.4. The van der Waals surface area contributed by atoms with Crippen molar-refractivity contribution in [1.29, 1.82) is 0 Å². The zero-order valence-electron chi connectivity index (χ0n) is 10.7. The van der Waals surface area contributed by atoms with Crippen molar-refractivity contribution in [2.24, 2.45) is 5.92 Å². The highest BCUT2D eigenvalue weighted by atomic mass is 19.4. The van der Waals surface area contributed by atoms with Gasteiger partial charge in [-0.1, -0.05) is 18.2 Å². The number of ketones is 2. The number of hydrogen-bond donors (Lipinski definition) is 0. The Morgan fingerprint density at radius 2 is 1.70 bits per heavy atom. The highest BCUT2D eigenvalue weighted by molar-refractivity contribution is 6.39. The predicted octanol–water partition coefficient (Wildman–Crippen LogP) is 2.27. The summed E-state index contributed by atoms with van der Waals surface area (Å²) < 4.78 is 42.5. The second kappa shape index (κ2) is 5.85. The largest absolute Gasteiger partial charge is 0.463 e. The lowest BCUT2D eigenvalue weighted by Crippen LogP contribution is -2.30. The fourth-order valence-corrected chi connectivity index (χ4v) is 1.57. The van der Waals surface area contributed by atoms with Crippen LogP contribution in [0.1, 0.15) is 22.8 Å². The number of hydrogen-bond acceptors (Lipinski definition) is 4. The van der Waals surface area contributed by atoms with Gasteiger partial charge >= 0.3 is 12.1 Å². The van der Waals surface area contributed by atoms with Gasteiger partial charge < -0.3 is 4.74 Å². The van der Waals surface area contributed by atoms with E-state index in [0.29, 0.717) is 0 Å². The Bertz CT molecular complexity index is 549. The van der Waals surface area contributed by atoms with Gasteiger partial charge in [-0.2, -0.15) is 13.2 Å². The summed E-state index contributed by atoms with van der Waals surface area (Å²) in [6.45, 7) is 1.06. The van der Waals surface area contributed by atoms with Gasteiger partial charge in [0.15, 0.2) is 5.78 Å². The van der Waals surface area contributed by atoms with Crippen LogP contribution in [0.15, 0.2) is 24.3 Å². The molecule has 1 unspecified atom stereocenters. The fourth-order valence-electron chi connectivity index (χ4n) is 1.57. The lowest BCUT2D eigenvalue weighted by Gasteiger charge is -2.14. The first-order chi connectivity index (χ1) is 9.20. The smallest absolute Gasteiger partial charge is 0.417 e. The molecule has 20 heavy (non-hydrogen) atoms. The van der Waals surface area contributed by atoms with E-state index in [1.54, 1.807) is 0 Å². The maximum absolute atomic E-state index is 12.8. The van der Waals surface area contributed by atoms with Gasteiger partial charge in [-0.25, -0.2) is 4.79 Å². The third kappa shape index (κ3) is 3.23. The van der Waals surface area contributed by atoms with E-state index < -0.39 is 40.8 Å². The van der Waals surface area contributed by atoms with Crippen molar-refractivity contribution in [3.63, 3.8) is 0 Å². The number of methoxy groups -OCH3 is 1. The third-order valence-electron chi connectivity index (χ3n) is 2.67. The molecule has 0 spiro atoms. The van der Waals surface area contributed by atoms with Crippen LogP contribution in [-0.4, -0.2) is 24.6 Å². The van der Waals surface area contributed by atoms with Crippen LogP contribution in [0, 0.1) is 5.92 Å². The quantitative estimate of drug-likeness (QED) is 0.369. The molecule has 0 saturated heterocycles. The minimum absolute atomic E-state index is 0.648. The zero-order valence-corrected chi connectivity index (χ0v) is 10.7. The van der Waals surface area contributed by atoms with Crippen LogP contribution >= 0.6 is 0 Å². The Morgan fingerprint density at radius 1 is 1.15 bits per heavy atom. The van der Waals surface area contributed by atoms with E-state index in [-0.39, 0.29) is 0 Å². The second-order valence-corrected chi connectivity index (χ2v) is 3.99. The summed E-state index contributed by atoms with van der Waals surface area (Å²) in [5.41, 5.74) is -1.79. The van der Waals surface area contributed by atoms with Crippen LogP contribution in [0.5, 0.6) is 0 Å². The number of carbonyl (C=O) groups excluding carboxylic acids is 3. The molecule has 0 radical (unpaired) electrons. The number of benzene rings is 1. The first kappa shape index (κ1) is 15.9. The molecule has 0 aliphatic carbocycles. The molecule has 4 nitrogen and oxygen atoms in total. The first-order valence-electron chi connectivity index (χ1n) is 5.52. The molecule has 0 N–H and O–H groups in total. The standard InChI is InChI=1S/C13H11F3O4/c1-7(11(18)12(19)20-2)10(17)8-5-3-4-6-9(8)13(14,15)16/h3-7H,1-2H3. The topological polar surface area (TPSA) is 60.4 Å². The van der Waals surface area contributed by atoms with Gasteiger partial charge in [0.1, 0.15) is 0 Å². The van der Waals surface area contributed by atoms with Crippen molar-refractivity contribution in [1.82, 2.24) is 0 Å². The molecule has 0 aliphatic rings. The second-order valence-electron chi connectivity index (χ2n) is 3.99. The minimum Gasteiger partial charge on any atom is -0.463 e. The van der Waals surface area contributed by atoms with Crippen molar-refractivity contribution in [3.8, 4) is 0 Å². The van der Waals surface area contributed by atoms with E-state index in [0.717, 1.165) is 32.2 Å². The summed E-state index contributed by atoms with van der Waals surface area (Å²) in [5.74, 6) is -5.07. The molecule has 0 amide bonds. The number of Topliss-reactive ketones (excluding diaryl/α,β-unsaturated/α-hetero) is 2. The minimum atomic E-state index is -4.72. The van der Waals surface area contributed by atoms with Crippen LogP contribution in [0.2, 0.25) is 0 Å². The monoisotopic (exact) mass is 288 g/mol. The number of rotatable bonds is 4. The average molecular weight is 288 g/mol. The summed E-state index contributed by atoms with van der Waals surface area (Å²) in [5, 5.41) is 0. The molecule has 0 heterocycles. The molecule has 1 aromatic carbocycles. The highest BCUT2D eigenvalue weighted by Gasteiger charge is 2.37. The summed E-state index contributed by atoms with van der Waals surface area (Å²) in [6, 6.07) is 4.08. The zero-order chi connectivity index (χ0) is 15.5. The molecule has 108 valence electrons. The Morgan fingerprint density at radius 3 is 2.20 bits per heavy atom. The number of halogens is 3. The Kier molecular flexibility index (Phi) is 4.65. The first-order valence-corrected chi connectivity index (χ1v) is 5.52. The van der Waals surface area contributed by atoms with Crippen LogP contribution in [-0.2, 0) is 20.5 Å². The fraction of sp³-hybridized carbons (Fsp3) is 0.308. The van der Waals surface area contributed by atoms with Gasteiger partial charge in [0.05, 0.1) is 18.6 Å². The van der Waals surface area contributed by atoms with Crippen LogP contribution in [0.25, 0.3) is 0 Å². The van der Waals surface area contributed by atoms with Crippen LogP contribution in [0.3, 0.4) is 0 Å². The average Bonchev–Trinajstić information content (AvgIpc) is 2.43. The number of alkyl halides is 3. The molecule has 0 aromatic heterocycles. The van der Waals surface area contributed by atoms with Crippen molar-refractivity contribution in [2.45, 2.75) is 13.1 Å². The van der Waals surface area contributed by atoms with E-state index >= 15 is 0 Å². The van der Waals surface area contributed by atoms with Crippen LogP contribution < -0.4 is 0 Å². The summed E-state index contributed by atoms with van der Waals surface area (Å²) in [7, 11) is 0.946. The maximum atomic E-state index is 12.8. The number of carbonyl (C=O) groups is 3. The van der Waals surface area contributed by atoms with Gasteiger partial charge in [0.25, 0.3) is 5.78 Å². The van der Waals surface area contributed by atoms with Crippen molar-refractivity contribution >= 4 is 17.5 Å². The van der Waals surface area contributed by atoms with Crippen molar-refractivity contribution in [2.75, 3.05) is 7.11 Å². The molecule has 1 atom stereocenters. The summed E-state index contributed by atoms with van der Waals surface area (Å²) in [6.07, 6.45) is -4.72.